The first-order valence-corrected chi connectivity index (χ1v) is 15.6. The van der Waals surface area contributed by atoms with Crippen molar-refractivity contribution in [1.29, 1.82) is 0 Å². The zero-order valence-corrected chi connectivity index (χ0v) is 25.2. The van der Waals surface area contributed by atoms with Gasteiger partial charge in [-0.15, -0.1) is 0 Å². The molecule has 0 amide bonds. The Morgan fingerprint density at radius 3 is 1.40 bits per heavy atom. The number of nitrogens with zero attached hydrogens (tertiary/aromatic N) is 3. The lowest BCUT2D eigenvalue weighted by Gasteiger charge is -2.26. The molecule has 9 rings (SSSR count). The molecular weight excluding hydrogens is 584 g/mol. The van der Waals surface area contributed by atoms with E-state index < -0.39 is 0 Å². The Kier molecular flexibility index (Phi) is 6.18. The fourth-order valence-corrected chi connectivity index (χ4v) is 7.01. The summed E-state index contributed by atoms with van der Waals surface area (Å²) in [6.45, 7) is 0. The second kappa shape index (κ2) is 10.7. The number of hydrogen-bond donors (Lipinski definition) is 0. The van der Waals surface area contributed by atoms with Gasteiger partial charge in [-0.3, -0.25) is 0 Å². The average molecular weight is 612 g/mol. The highest BCUT2D eigenvalue weighted by Gasteiger charge is 2.20. The minimum Gasteiger partial charge on any atom is -0.310 e. The molecule has 0 aliphatic heterocycles. The Hall–Kier alpha value is -6.20. The molecule has 0 saturated heterocycles. The molecule has 2 aromatic heterocycles. The molecule has 0 unspecified atom stereocenters. The number of hydrogen-bond acceptors (Lipinski definition) is 1. The second-order valence-corrected chi connectivity index (χ2v) is 11.7. The van der Waals surface area contributed by atoms with Crippen molar-refractivity contribution in [3.05, 3.63) is 175 Å². The first kappa shape index (κ1) is 27.1. The lowest BCUT2D eigenvalue weighted by atomic mass is 10.1. The van der Waals surface area contributed by atoms with Gasteiger partial charge in [0.1, 0.15) is 11.6 Å². The van der Waals surface area contributed by atoms with E-state index in [-0.39, 0.29) is 11.6 Å². The number of halogens is 2. The van der Waals surface area contributed by atoms with E-state index in [0.717, 1.165) is 66.4 Å². The van der Waals surface area contributed by atoms with E-state index in [4.69, 9.17) is 0 Å². The predicted molar refractivity (Wildman–Crippen MR) is 190 cm³/mol. The Morgan fingerprint density at radius 1 is 0.340 bits per heavy atom. The molecule has 2 heterocycles. The van der Waals surface area contributed by atoms with Crippen molar-refractivity contribution >= 4 is 60.7 Å². The molecule has 3 nitrogen and oxygen atoms in total. The van der Waals surface area contributed by atoms with E-state index in [1.807, 2.05) is 42.5 Å². The van der Waals surface area contributed by atoms with Crippen LogP contribution in [0.1, 0.15) is 0 Å². The number of rotatable bonds is 5. The molecule has 9 aromatic rings. The molecule has 0 N–H and O–H groups in total. The van der Waals surface area contributed by atoms with Gasteiger partial charge in [0.25, 0.3) is 0 Å². The van der Waals surface area contributed by atoms with Gasteiger partial charge in [-0.2, -0.15) is 0 Å². The number of anilines is 3. The van der Waals surface area contributed by atoms with E-state index in [2.05, 4.69) is 99.0 Å². The van der Waals surface area contributed by atoms with Crippen LogP contribution in [0.25, 0.3) is 55.0 Å². The van der Waals surface area contributed by atoms with Crippen LogP contribution >= 0.6 is 0 Å². The largest absolute Gasteiger partial charge is 0.310 e. The highest BCUT2D eigenvalue weighted by Crippen LogP contribution is 2.42. The third kappa shape index (κ3) is 4.39. The van der Waals surface area contributed by atoms with Gasteiger partial charge >= 0.3 is 0 Å². The van der Waals surface area contributed by atoms with E-state index in [1.165, 1.54) is 12.1 Å². The van der Waals surface area contributed by atoms with Crippen LogP contribution in [-0.2, 0) is 0 Å². The van der Waals surface area contributed by atoms with Crippen molar-refractivity contribution in [3.8, 4) is 11.4 Å². The standard InChI is InChI=1S/C42H27F2N3/c43-28-10-8-14-31(24-28)45(33-20-22-37-35-16-4-6-18-39(35)46(41(37)26-33)30-12-2-1-3-13-30)34-21-23-38-36-17-5-7-19-40(36)47(42(38)27-34)32-15-9-11-29(44)25-32/h1-27H. The molecule has 0 bridgehead atoms. The quantitative estimate of drug-likeness (QED) is 0.189. The fourth-order valence-electron chi connectivity index (χ4n) is 7.01. The Bertz CT molecular complexity index is 2620. The Labute approximate surface area is 269 Å². The molecule has 0 saturated carbocycles. The van der Waals surface area contributed by atoms with Gasteiger partial charge in [0.05, 0.1) is 22.1 Å². The van der Waals surface area contributed by atoms with Crippen LogP contribution in [0, 0.1) is 11.6 Å². The van der Waals surface area contributed by atoms with Crippen molar-refractivity contribution in [3.63, 3.8) is 0 Å². The predicted octanol–water partition coefficient (Wildman–Crippen LogP) is 11.6. The Balaban J connectivity index is 1.32. The molecule has 47 heavy (non-hydrogen) atoms. The molecule has 5 heteroatoms. The van der Waals surface area contributed by atoms with Crippen LogP contribution in [0.5, 0.6) is 0 Å². The summed E-state index contributed by atoms with van der Waals surface area (Å²) in [5, 5.41) is 4.42. The van der Waals surface area contributed by atoms with E-state index >= 15 is 0 Å². The summed E-state index contributed by atoms with van der Waals surface area (Å²) in [5.41, 5.74) is 8.30. The molecule has 0 radical (unpaired) electrons. The van der Waals surface area contributed by atoms with Crippen molar-refractivity contribution in [1.82, 2.24) is 9.13 Å². The van der Waals surface area contributed by atoms with Crippen molar-refractivity contribution < 1.29 is 8.78 Å². The Morgan fingerprint density at radius 2 is 0.809 bits per heavy atom. The maximum Gasteiger partial charge on any atom is 0.125 e. The topological polar surface area (TPSA) is 13.1 Å². The highest BCUT2D eigenvalue weighted by molar-refractivity contribution is 6.12. The summed E-state index contributed by atoms with van der Waals surface area (Å²) >= 11 is 0. The summed E-state index contributed by atoms with van der Waals surface area (Å²) in [4.78, 5) is 2.09. The van der Waals surface area contributed by atoms with Gasteiger partial charge in [0, 0.05) is 50.0 Å². The molecule has 224 valence electrons. The van der Waals surface area contributed by atoms with Crippen LogP contribution in [0.3, 0.4) is 0 Å². The summed E-state index contributed by atoms with van der Waals surface area (Å²) in [5.74, 6) is -0.616. The minimum absolute atomic E-state index is 0.298. The zero-order chi connectivity index (χ0) is 31.5. The SMILES string of the molecule is Fc1cccc(N(c2ccc3c4ccccc4n(-c4ccccc4)c3c2)c2ccc3c4ccccc4n(-c4cccc(F)c4)c3c2)c1. The summed E-state index contributed by atoms with van der Waals surface area (Å²) < 4.78 is 33.8. The van der Waals surface area contributed by atoms with Gasteiger partial charge in [0.2, 0.25) is 0 Å². The van der Waals surface area contributed by atoms with Crippen LogP contribution in [0.4, 0.5) is 25.8 Å². The number of para-hydroxylation sites is 3. The maximum absolute atomic E-state index is 14.9. The van der Waals surface area contributed by atoms with Crippen LogP contribution < -0.4 is 4.90 Å². The molecule has 0 spiro atoms. The van der Waals surface area contributed by atoms with Crippen LogP contribution in [0.15, 0.2) is 164 Å². The number of benzene rings is 7. The van der Waals surface area contributed by atoms with Gasteiger partial charge in [-0.25, -0.2) is 8.78 Å². The van der Waals surface area contributed by atoms with Gasteiger partial charge in [-0.05, 0) is 84.9 Å². The lowest BCUT2D eigenvalue weighted by Crippen LogP contribution is -2.10. The van der Waals surface area contributed by atoms with Crippen LogP contribution in [-0.4, -0.2) is 9.13 Å². The number of aromatic nitrogens is 2. The first-order chi connectivity index (χ1) is 23.1. The van der Waals surface area contributed by atoms with E-state index in [9.17, 15) is 8.78 Å². The highest BCUT2D eigenvalue weighted by atomic mass is 19.1. The van der Waals surface area contributed by atoms with Crippen molar-refractivity contribution in [2.45, 2.75) is 0 Å². The van der Waals surface area contributed by atoms with Crippen molar-refractivity contribution in [2.24, 2.45) is 0 Å². The monoisotopic (exact) mass is 611 g/mol. The molecule has 0 aliphatic carbocycles. The van der Waals surface area contributed by atoms with Crippen molar-refractivity contribution in [2.75, 3.05) is 4.90 Å². The molecule has 0 fully saturated rings. The average Bonchev–Trinajstić information content (AvgIpc) is 3.61. The summed E-state index contributed by atoms with van der Waals surface area (Å²) in [6.07, 6.45) is 0. The van der Waals surface area contributed by atoms with E-state index in [0.29, 0.717) is 5.69 Å². The zero-order valence-electron chi connectivity index (χ0n) is 25.2. The van der Waals surface area contributed by atoms with Crippen LogP contribution in [0.2, 0.25) is 0 Å². The van der Waals surface area contributed by atoms with Gasteiger partial charge in [-0.1, -0.05) is 78.9 Å². The fraction of sp³-hybridized carbons (Fsp3) is 0. The third-order valence-electron chi connectivity index (χ3n) is 8.98. The smallest absolute Gasteiger partial charge is 0.125 e. The summed E-state index contributed by atoms with van der Waals surface area (Å²) in [7, 11) is 0. The lowest BCUT2D eigenvalue weighted by molar-refractivity contribution is 0.627. The normalized spacial score (nSPS) is 11.6. The molecule has 7 aromatic carbocycles. The second-order valence-electron chi connectivity index (χ2n) is 11.7. The molecular formula is C42H27F2N3. The van der Waals surface area contributed by atoms with Gasteiger partial charge < -0.3 is 14.0 Å². The minimum atomic E-state index is -0.318. The molecule has 0 atom stereocenters. The first-order valence-electron chi connectivity index (χ1n) is 15.6. The molecule has 0 aliphatic rings. The third-order valence-corrected chi connectivity index (χ3v) is 8.98. The number of fused-ring (bicyclic) bond motifs is 6. The van der Waals surface area contributed by atoms with Gasteiger partial charge in [0.15, 0.2) is 0 Å². The van der Waals surface area contributed by atoms with E-state index in [1.54, 1.807) is 24.3 Å². The maximum atomic E-state index is 14.9. The summed E-state index contributed by atoms with van der Waals surface area (Å²) in [6, 6.07) is 53.0.